The number of likely N-dealkylation sites (N-methyl/N-ethyl adjacent to an activating group) is 1. The number of nitrogens with two attached hydrogens (primary N) is 1. The first-order valence-corrected chi connectivity index (χ1v) is 7.83. The molecular weight excluding hydrogens is 288 g/mol. The van der Waals surface area contributed by atoms with E-state index in [1.165, 1.54) is 0 Å². The first-order chi connectivity index (χ1) is 11.1. The van der Waals surface area contributed by atoms with Gasteiger partial charge in [0, 0.05) is 13.6 Å². The van der Waals surface area contributed by atoms with E-state index in [0.717, 1.165) is 23.3 Å². The summed E-state index contributed by atoms with van der Waals surface area (Å²) in [5, 5.41) is 0. The molecule has 4 heteroatoms. The van der Waals surface area contributed by atoms with Crippen molar-refractivity contribution in [1.29, 1.82) is 0 Å². The van der Waals surface area contributed by atoms with Gasteiger partial charge < -0.3 is 15.4 Å². The monoisotopic (exact) mass is 312 g/mol. The van der Waals surface area contributed by atoms with Gasteiger partial charge in [0.05, 0.1) is 6.61 Å². The fraction of sp³-hybridized carbons (Fsp3) is 0.316. The van der Waals surface area contributed by atoms with Crippen LogP contribution in [0.1, 0.15) is 23.6 Å². The van der Waals surface area contributed by atoms with Crippen LogP contribution in [0.25, 0.3) is 0 Å². The van der Waals surface area contributed by atoms with Crippen LogP contribution in [0.4, 0.5) is 0 Å². The largest absolute Gasteiger partial charge is 0.493 e. The fourth-order valence-corrected chi connectivity index (χ4v) is 2.35. The summed E-state index contributed by atoms with van der Waals surface area (Å²) in [6.07, 6.45) is 0.762. The Morgan fingerprint density at radius 2 is 1.78 bits per heavy atom. The van der Waals surface area contributed by atoms with Crippen molar-refractivity contribution in [2.24, 2.45) is 5.73 Å². The zero-order valence-electron chi connectivity index (χ0n) is 13.7. The van der Waals surface area contributed by atoms with Crippen LogP contribution in [0.15, 0.2) is 54.6 Å². The molecule has 0 aliphatic rings. The van der Waals surface area contributed by atoms with Crippen LogP contribution in [0.2, 0.25) is 0 Å². The SMILES string of the molecule is Cc1ccccc1OCCCN(C)C(=O)C(N)c1ccccc1. The molecule has 0 heterocycles. The van der Waals surface area contributed by atoms with Gasteiger partial charge in [-0.25, -0.2) is 0 Å². The predicted molar refractivity (Wildman–Crippen MR) is 92.3 cm³/mol. The van der Waals surface area contributed by atoms with Gasteiger partial charge in [-0.05, 0) is 30.5 Å². The number of carbonyl (C=O) groups excluding carboxylic acids is 1. The van der Waals surface area contributed by atoms with Crippen molar-refractivity contribution in [3.05, 3.63) is 65.7 Å². The molecule has 1 amide bonds. The Morgan fingerprint density at radius 3 is 2.48 bits per heavy atom. The molecule has 0 saturated carbocycles. The quantitative estimate of drug-likeness (QED) is 0.800. The van der Waals surface area contributed by atoms with Gasteiger partial charge in [0.1, 0.15) is 11.8 Å². The summed E-state index contributed by atoms with van der Waals surface area (Å²) in [6.45, 7) is 3.21. The zero-order chi connectivity index (χ0) is 16.7. The summed E-state index contributed by atoms with van der Waals surface area (Å²) < 4.78 is 5.74. The molecule has 0 radical (unpaired) electrons. The van der Waals surface area contributed by atoms with Gasteiger partial charge in [-0.1, -0.05) is 48.5 Å². The summed E-state index contributed by atoms with van der Waals surface area (Å²) in [7, 11) is 1.78. The third-order valence-electron chi connectivity index (χ3n) is 3.79. The topological polar surface area (TPSA) is 55.6 Å². The number of carbonyl (C=O) groups is 1. The maximum absolute atomic E-state index is 12.3. The number of ether oxygens (including phenoxy) is 1. The van der Waals surface area contributed by atoms with Crippen molar-refractivity contribution >= 4 is 5.91 Å². The fourth-order valence-electron chi connectivity index (χ4n) is 2.35. The lowest BCUT2D eigenvalue weighted by atomic mass is 10.1. The van der Waals surface area contributed by atoms with Crippen LogP contribution in [0.3, 0.4) is 0 Å². The highest BCUT2D eigenvalue weighted by Gasteiger charge is 2.19. The number of aryl methyl sites for hydroxylation is 1. The van der Waals surface area contributed by atoms with E-state index in [2.05, 4.69) is 0 Å². The Labute approximate surface area is 137 Å². The van der Waals surface area contributed by atoms with Crippen LogP contribution in [-0.2, 0) is 4.79 Å². The van der Waals surface area contributed by atoms with Crippen molar-refractivity contribution < 1.29 is 9.53 Å². The van der Waals surface area contributed by atoms with Crippen molar-refractivity contribution in [2.75, 3.05) is 20.2 Å². The molecule has 1 unspecified atom stereocenters. The number of benzene rings is 2. The van der Waals surface area contributed by atoms with Crippen molar-refractivity contribution in [1.82, 2.24) is 4.90 Å². The summed E-state index contributed by atoms with van der Waals surface area (Å²) in [5.41, 5.74) is 7.98. The van der Waals surface area contributed by atoms with Gasteiger partial charge in [-0.3, -0.25) is 4.79 Å². The molecule has 1 atom stereocenters. The lowest BCUT2D eigenvalue weighted by Crippen LogP contribution is -2.36. The molecule has 0 saturated heterocycles. The minimum Gasteiger partial charge on any atom is -0.493 e. The second kappa shape index (κ2) is 8.34. The van der Waals surface area contributed by atoms with Crippen LogP contribution in [0.5, 0.6) is 5.75 Å². The van der Waals surface area contributed by atoms with Gasteiger partial charge in [0.2, 0.25) is 5.91 Å². The highest BCUT2D eigenvalue weighted by molar-refractivity contribution is 5.82. The first-order valence-electron chi connectivity index (χ1n) is 7.83. The first kappa shape index (κ1) is 17.0. The highest BCUT2D eigenvalue weighted by atomic mass is 16.5. The van der Waals surface area contributed by atoms with Gasteiger partial charge >= 0.3 is 0 Å². The summed E-state index contributed by atoms with van der Waals surface area (Å²) >= 11 is 0. The second-order valence-electron chi connectivity index (χ2n) is 5.62. The maximum atomic E-state index is 12.3. The second-order valence-corrected chi connectivity index (χ2v) is 5.62. The van der Waals surface area contributed by atoms with Crippen LogP contribution in [-0.4, -0.2) is 31.0 Å². The molecule has 0 bridgehead atoms. The van der Waals surface area contributed by atoms with E-state index in [4.69, 9.17) is 10.5 Å². The van der Waals surface area contributed by atoms with E-state index in [-0.39, 0.29) is 5.91 Å². The number of hydrogen-bond acceptors (Lipinski definition) is 3. The molecule has 0 spiro atoms. The Bertz CT molecular complexity index is 628. The Balaban J connectivity index is 1.77. The molecule has 122 valence electrons. The van der Waals surface area contributed by atoms with Crippen molar-refractivity contribution in [3.63, 3.8) is 0 Å². The predicted octanol–water partition coefficient (Wildman–Crippen LogP) is 2.92. The highest BCUT2D eigenvalue weighted by Crippen LogP contribution is 2.16. The molecule has 0 aliphatic carbocycles. The summed E-state index contributed by atoms with van der Waals surface area (Å²) in [5.74, 6) is 0.814. The number of nitrogens with zero attached hydrogens (tertiary/aromatic N) is 1. The number of para-hydroxylation sites is 1. The van der Waals surface area contributed by atoms with Crippen LogP contribution >= 0.6 is 0 Å². The molecule has 0 fully saturated rings. The smallest absolute Gasteiger partial charge is 0.243 e. The molecule has 2 aromatic carbocycles. The number of hydrogen-bond donors (Lipinski definition) is 1. The lowest BCUT2D eigenvalue weighted by Gasteiger charge is -2.21. The maximum Gasteiger partial charge on any atom is 0.243 e. The molecule has 2 N–H and O–H groups in total. The van der Waals surface area contributed by atoms with E-state index in [1.54, 1.807) is 11.9 Å². The summed E-state index contributed by atoms with van der Waals surface area (Å²) in [4.78, 5) is 14.0. The van der Waals surface area contributed by atoms with Gasteiger partial charge in [-0.2, -0.15) is 0 Å². The molecular formula is C19H24N2O2. The number of rotatable bonds is 7. The van der Waals surface area contributed by atoms with E-state index >= 15 is 0 Å². The molecule has 0 aromatic heterocycles. The van der Waals surface area contributed by atoms with E-state index < -0.39 is 6.04 Å². The molecule has 4 nitrogen and oxygen atoms in total. The minimum absolute atomic E-state index is 0.0768. The third-order valence-corrected chi connectivity index (χ3v) is 3.79. The van der Waals surface area contributed by atoms with Crippen LogP contribution in [0, 0.1) is 6.92 Å². The Kier molecular flexibility index (Phi) is 6.18. The molecule has 23 heavy (non-hydrogen) atoms. The van der Waals surface area contributed by atoms with Crippen molar-refractivity contribution in [3.8, 4) is 5.75 Å². The Morgan fingerprint density at radius 1 is 1.13 bits per heavy atom. The molecule has 2 rings (SSSR count). The lowest BCUT2D eigenvalue weighted by molar-refractivity contribution is -0.131. The standard InChI is InChI=1S/C19H24N2O2/c1-15-9-6-7-12-17(15)23-14-8-13-21(2)19(22)18(20)16-10-4-3-5-11-16/h3-7,9-12,18H,8,13-14,20H2,1-2H3. The van der Waals surface area contributed by atoms with Gasteiger partial charge in [0.15, 0.2) is 0 Å². The Hall–Kier alpha value is -2.33. The van der Waals surface area contributed by atoms with Crippen LogP contribution < -0.4 is 10.5 Å². The average Bonchev–Trinajstić information content (AvgIpc) is 2.59. The van der Waals surface area contributed by atoms with Gasteiger partial charge in [0.25, 0.3) is 0 Å². The zero-order valence-corrected chi connectivity index (χ0v) is 13.7. The minimum atomic E-state index is -0.613. The van der Waals surface area contributed by atoms with Crippen molar-refractivity contribution in [2.45, 2.75) is 19.4 Å². The normalized spacial score (nSPS) is 11.8. The van der Waals surface area contributed by atoms with E-state index in [0.29, 0.717) is 13.2 Å². The number of amides is 1. The molecule has 2 aromatic rings. The van der Waals surface area contributed by atoms with E-state index in [1.807, 2.05) is 61.5 Å². The summed E-state index contributed by atoms with van der Waals surface area (Å²) in [6, 6.07) is 16.7. The third kappa shape index (κ3) is 4.83. The average molecular weight is 312 g/mol. The van der Waals surface area contributed by atoms with E-state index in [9.17, 15) is 4.79 Å². The molecule has 0 aliphatic heterocycles. The van der Waals surface area contributed by atoms with Gasteiger partial charge in [-0.15, -0.1) is 0 Å².